The second-order valence-electron chi connectivity index (χ2n) is 6.89. The minimum atomic E-state index is -0.0841. The van der Waals surface area contributed by atoms with Gasteiger partial charge in [0.15, 0.2) is 0 Å². The van der Waals surface area contributed by atoms with Gasteiger partial charge in [-0.3, -0.25) is 4.79 Å². The molecule has 0 bridgehead atoms. The minimum Gasteiger partial charge on any atom is -0.385 e. The third-order valence-electron chi connectivity index (χ3n) is 4.58. The Morgan fingerprint density at radius 3 is 2.68 bits per heavy atom. The van der Waals surface area contributed by atoms with Gasteiger partial charge in [0, 0.05) is 18.1 Å². The number of carbonyl (C=O) groups excluding carboxylic acids is 1. The molecule has 1 fully saturated rings. The van der Waals surface area contributed by atoms with Crippen molar-refractivity contribution in [1.29, 1.82) is 5.41 Å². The molecule has 0 aromatic heterocycles. The smallest absolute Gasteiger partial charge is 0.225 e. The lowest BCUT2D eigenvalue weighted by atomic mass is 10.0. The van der Waals surface area contributed by atoms with Gasteiger partial charge in [-0.05, 0) is 58.3 Å². The summed E-state index contributed by atoms with van der Waals surface area (Å²) in [4.78, 5) is 14.4. The van der Waals surface area contributed by atoms with Crippen LogP contribution in [0.1, 0.15) is 48.8 Å². The molecule has 0 spiro atoms. The molecule has 0 saturated carbocycles. The van der Waals surface area contributed by atoms with E-state index in [-0.39, 0.29) is 11.7 Å². The van der Waals surface area contributed by atoms with Crippen LogP contribution in [0.15, 0.2) is 30.1 Å². The van der Waals surface area contributed by atoms with E-state index in [1.165, 1.54) is 25.3 Å². The molecule has 0 aliphatic carbocycles. The van der Waals surface area contributed by atoms with E-state index in [1.54, 1.807) is 0 Å². The van der Waals surface area contributed by atoms with Crippen molar-refractivity contribution >= 4 is 11.6 Å². The lowest BCUT2D eigenvalue weighted by Crippen LogP contribution is -2.32. The number of likely N-dealkylation sites (tertiary alicyclic amines) is 1. The maximum atomic E-state index is 12.0. The molecule has 1 aliphatic rings. The first-order chi connectivity index (χ1) is 12.0. The van der Waals surface area contributed by atoms with Crippen molar-refractivity contribution in [3.8, 4) is 0 Å². The molecule has 0 radical (unpaired) electrons. The Hall–Kier alpha value is -2.14. The molecule has 0 atom stereocenters. The van der Waals surface area contributed by atoms with Gasteiger partial charge < -0.3 is 21.4 Å². The van der Waals surface area contributed by atoms with Crippen LogP contribution in [0.5, 0.6) is 0 Å². The average molecular weight is 342 g/mol. The lowest BCUT2D eigenvalue weighted by molar-refractivity contribution is -0.120. The number of piperidine rings is 1. The van der Waals surface area contributed by atoms with Crippen molar-refractivity contribution in [1.82, 2.24) is 10.2 Å². The fourth-order valence-electron chi connectivity index (χ4n) is 3.25. The quantitative estimate of drug-likeness (QED) is 0.666. The molecule has 2 rings (SSSR count). The van der Waals surface area contributed by atoms with Crippen LogP contribution in [0, 0.1) is 19.3 Å². The van der Waals surface area contributed by atoms with Gasteiger partial charge in [0.1, 0.15) is 5.82 Å². The van der Waals surface area contributed by atoms with Crippen molar-refractivity contribution in [2.45, 2.75) is 46.0 Å². The topological polar surface area (TPSA) is 82.2 Å². The molecular formula is C20H30N4O. The molecule has 1 aliphatic heterocycles. The number of rotatable bonds is 7. The zero-order valence-electron chi connectivity index (χ0n) is 15.4. The van der Waals surface area contributed by atoms with Crippen molar-refractivity contribution in [3.05, 3.63) is 46.8 Å². The predicted molar refractivity (Wildman–Crippen MR) is 103 cm³/mol. The van der Waals surface area contributed by atoms with Crippen LogP contribution in [0.25, 0.3) is 0 Å². The minimum absolute atomic E-state index is 0.0841. The molecular weight excluding hydrogens is 312 g/mol. The van der Waals surface area contributed by atoms with Crippen molar-refractivity contribution in [2.24, 2.45) is 5.73 Å². The van der Waals surface area contributed by atoms with Gasteiger partial charge >= 0.3 is 0 Å². The maximum Gasteiger partial charge on any atom is 0.225 e. The number of carbonyl (C=O) groups is 1. The highest BCUT2D eigenvalue weighted by atomic mass is 16.1. The van der Waals surface area contributed by atoms with Gasteiger partial charge in [0.05, 0.1) is 5.71 Å². The van der Waals surface area contributed by atoms with Crippen LogP contribution in [0.3, 0.4) is 0 Å². The normalized spacial score (nSPS) is 15.8. The van der Waals surface area contributed by atoms with Crippen molar-refractivity contribution < 1.29 is 4.79 Å². The molecule has 4 N–H and O–H groups in total. The Morgan fingerprint density at radius 2 is 2.00 bits per heavy atom. The van der Waals surface area contributed by atoms with E-state index < -0.39 is 0 Å². The number of amides is 1. The summed E-state index contributed by atoms with van der Waals surface area (Å²) in [5, 5.41) is 10.9. The second-order valence-corrected chi connectivity index (χ2v) is 6.89. The molecule has 136 valence electrons. The van der Waals surface area contributed by atoms with Crippen LogP contribution in [0.2, 0.25) is 0 Å². The van der Waals surface area contributed by atoms with E-state index in [2.05, 4.69) is 10.2 Å². The first-order valence-corrected chi connectivity index (χ1v) is 9.11. The Labute approximate surface area is 150 Å². The monoisotopic (exact) mass is 342 g/mol. The first kappa shape index (κ1) is 19.2. The van der Waals surface area contributed by atoms with E-state index in [4.69, 9.17) is 11.1 Å². The van der Waals surface area contributed by atoms with E-state index in [0.29, 0.717) is 12.1 Å². The Morgan fingerprint density at radius 1 is 1.28 bits per heavy atom. The zero-order chi connectivity index (χ0) is 18.2. The molecule has 1 heterocycles. The Kier molecular flexibility index (Phi) is 7.19. The van der Waals surface area contributed by atoms with E-state index in [0.717, 1.165) is 42.7 Å². The molecule has 5 nitrogen and oxygen atoms in total. The molecule has 0 unspecified atom stereocenters. The van der Waals surface area contributed by atoms with Crippen LogP contribution >= 0.6 is 0 Å². The molecule has 1 aromatic rings. The SMILES string of the molecule is Cc1ccc(C(=N)/C=C(\N)NC(=O)CCCN2CCCCC2)c(C)c1. The fourth-order valence-corrected chi connectivity index (χ4v) is 3.25. The summed E-state index contributed by atoms with van der Waals surface area (Å²) in [6.45, 7) is 7.26. The number of nitrogens with one attached hydrogen (secondary N) is 2. The summed E-state index contributed by atoms with van der Waals surface area (Å²) >= 11 is 0. The summed E-state index contributed by atoms with van der Waals surface area (Å²) in [6, 6.07) is 5.92. The van der Waals surface area contributed by atoms with Crippen LogP contribution in [0.4, 0.5) is 0 Å². The summed E-state index contributed by atoms with van der Waals surface area (Å²) < 4.78 is 0. The summed E-state index contributed by atoms with van der Waals surface area (Å²) in [7, 11) is 0. The van der Waals surface area contributed by atoms with Gasteiger partial charge in [-0.2, -0.15) is 0 Å². The van der Waals surface area contributed by atoms with Gasteiger partial charge in [-0.15, -0.1) is 0 Å². The van der Waals surface area contributed by atoms with Crippen LogP contribution < -0.4 is 11.1 Å². The van der Waals surface area contributed by atoms with E-state index >= 15 is 0 Å². The number of nitrogens with two attached hydrogens (primary N) is 1. The van der Waals surface area contributed by atoms with E-state index in [1.807, 2.05) is 32.0 Å². The van der Waals surface area contributed by atoms with Gasteiger partial charge in [0.25, 0.3) is 0 Å². The lowest BCUT2D eigenvalue weighted by Gasteiger charge is -2.26. The third kappa shape index (κ3) is 6.35. The summed E-state index contributed by atoms with van der Waals surface area (Å²) in [5.41, 5.74) is 9.21. The summed E-state index contributed by atoms with van der Waals surface area (Å²) in [5.74, 6) is 0.145. The summed E-state index contributed by atoms with van der Waals surface area (Å²) in [6.07, 6.45) is 6.67. The van der Waals surface area contributed by atoms with Gasteiger partial charge in [-0.1, -0.05) is 30.2 Å². The molecule has 1 amide bonds. The fraction of sp³-hybridized carbons (Fsp3) is 0.500. The van der Waals surface area contributed by atoms with Gasteiger partial charge in [-0.25, -0.2) is 0 Å². The highest BCUT2D eigenvalue weighted by Crippen LogP contribution is 2.12. The molecule has 25 heavy (non-hydrogen) atoms. The first-order valence-electron chi connectivity index (χ1n) is 9.11. The van der Waals surface area contributed by atoms with E-state index in [9.17, 15) is 4.79 Å². The maximum absolute atomic E-state index is 12.0. The number of hydrogen-bond acceptors (Lipinski definition) is 4. The van der Waals surface area contributed by atoms with Crippen molar-refractivity contribution in [2.75, 3.05) is 19.6 Å². The highest BCUT2D eigenvalue weighted by Gasteiger charge is 2.11. The molecule has 5 heteroatoms. The number of benzene rings is 1. The number of allylic oxidation sites excluding steroid dienone is 1. The number of nitrogens with zero attached hydrogens (tertiary/aromatic N) is 1. The Balaban J connectivity index is 1.79. The largest absolute Gasteiger partial charge is 0.385 e. The second kappa shape index (κ2) is 9.37. The van der Waals surface area contributed by atoms with Crippen LogP contribution in [-0.4, -0.2) is 36.2 Å². The standard InChI is InChI=1S/C20H30N4O/c1-15-8-9-17(16(2)13-15)18(21)14-19(22)23-20(25)7-6-12-24-10-4-3-5-11-24/h8-9,13-14,21H,3-7,10-12,22H2,1-2H3,(H,23,25)/b19-14+,21-18?. The number of aryl methyl sites for hydroxylation is 2. The molecule has 1 saturated heterocycles. The molecule has 1 aromatic carbocycles. The average Bonchev–Trinajstić information content (AvgIpc) is 2.55. The highest BCUT2D eigenvalue weighted by molar-refractivity contribution is 6.08. The Bertz CT molecular complexity index is 645. The predicted octanol–water partition coefficient (Wildman–Crippen LogP) is 2.85. The van der Waals surface area contributed by atoms with Gasteiger partial charge in [0.2, 0.25) is 5.91 Å². The zero-order valence-corrected chi connectivity index (χ0v) is 15.4. The van der Waals surface area contributed by atoms with Crippen LogP contribution in [-0.2, 0) is 4.79 Å². The van der Waals surface area contributed by atoms with Crippen molar-refractivity contribution in [3.63, 3.8) is 0 Å². The third-order valence-corrected chi connectivity index (χ3v) is 4.58. The number of hydrogen-bond donors (Lipinski definition) is 3.